The molecule has 3 aromatic heterocycles. The van der Waals surface area contributed by atoms with Gasteiger partial charge in [0.1, 0.15) is 0 Å². The third-order valence-electron chi connectivity index (χ3n) is 3.62. The van der Waals surface area contributed by atoms with Crippen molar-refractivity contribution in [3.8, 4) is 46.1 Å². The SMILES string of the molecule is COc1ccc(-c2noc(-c3nc(-c4ccncc4)no3)n2)cc1OC. The first-order valence-corrected chi connectivity index (χ1v) is 7.59. The van der Waals surface area contributed by atoms with Crippen LogP contribution in [-0.4, -0.2) is 39.5 Å². The molecule has 0 fully saturated rings. The summed E-state index contributed by atoms with van der Waals surface area (Å²) in [6.07, 6.45) is 3.29. The molecule has 0 bridgehead atoms. The van der Waals surface area contributed by atoms with Crippen molar-refractivity contribution in [3.63, 3.8) is 0 Å². The van der Waals surface area contributed by atoms with E-state index >= 15 is 0 Å². The summed E-state index contributed by atoms with van der Waals surface area (Å²) in [5.74, 6) is 2.21. The van der Waals surface area contributed by atoms with Crippen LogP contribution in [0.4, 0.5) is 0 Å². The van der Waals surface area contributed by atoms with E-state index in [9.17, 15) is 0 Å². The van der Waals surface area contributed by atoms with Crippen molar-refractivity contribution in [3.05, 3.63) is 42.7 Å². The minimum atomic E-state index is 0.127. The van der Waals surface area contributed by atoms with E-state index < -0.39 is 0 Å². The fraction of sp³-hybridized carbons (Fsp3) is 0.118. The van der Waals surface area contributed by atoms with E-state index in [2.05, 4.69) is 25.3 Å². The molecule has 1 aromatic carbocycles. The molecule has 0 unspecified atom stereocenters. The van der Waals surface area contributed by atoms with E-state index in [1.165, 1.54) is 0 Å². The first kappa shape index (κ1) is 15.8. The van der Waals surface area contributed by atoms with Gasteiger partial charge in [0.25, 0.3) is 0 Å². The Kier molecular flexibility index (Phi) is 4.02. The summed E-state index contributed by atoms with van der Waals surface area (Å²) < 4.78 is 21.0. The lowest BCUT2D eigenvalue weighted by atomic mass is 10.2. The van der Waals surface area contributed by atoms with Crippen molar-refractivity contribution < 1.29 is 18.5 Å². The van der Waals surface area contributed by atoms with E-state index in [4.69, 9.17) is 18.5 Å². The Hall–Kier alpha value is -3.75. The minimum absolute atomic E-state index is 0.127. The zero-order chi connectivity index (χ0) is 17.9. The number of benzene rings is 1. The van der Waals surface area contributed by atoms with Crippen LogP contribution in [0.1, 0.15) is 0 Å². The van der Waals surface area contributed by atoms with Gasteiger partial charge < -0.3 is 18.5 Å². The minimum Gasteiger partial charge on any atom is -0.493 e. The number of hydrogen-bond donors (Lipinski definition) is 0. The highest BCUT2D eigenvalue weighted by Crippen LogP contribution is 2.32. The molecule has 0 saturated carbocycles. The Labute approximate surface area is 147 Å². The molecule has 26 heavy (non-hydrogen) atoms. The van der Waals surface area contributed by atoms with Crippen molar-refractivity contribution >= 4 is 0 Å². The van der Waals surface area contributed by atoms with Crippen LogP contribution in [0.5, 0.6) is 11.5 Å². The average molecular weight is 351 g/mol. The highest BCUT2D eigenvalue weighted by molar-refractivity contribution is 5.62. The molecule has 130 valence electrons. The fourth-order valence-corrected chi connectivity index (χ4v) is 2.33. The number of nitrogens with zero attached hydrogens (tertiary/aromatic N) is 5. The molecule has 0 atom stereocenters. The number of aromatic nitrogens is 5. The molecular weight excluding hydrogens is 338 g/mol. The largest absolute Gasteiger partial charge is 0.493 e. The molecule has 3 heterocycles. The highest BCUT2D eigenvalue weighted by Gasteiger charge is 2.18. The van der Waals surface area contributed by atoms with E-state index in [-0.39, 0.29) is 11.8 Å². The molecule has 0 amide bonds. The average Bonchev–Trinajstić information content (AvgIpc) is 3.37. The van der Waals surface area contributed by atoms with Crippen molar-refractivity contribution in [2.75, 3.05) is 14.2 Å². The summed E-state index contributed by atoms with van der Waals surface area (Å²) in [5, 5.41) is 7.87. The molecule has 0 saturated heterocycles. The molecule has 9 heteroatoms. The Bertz CT molecular complexity index is 1030. The van der Waals surface area contributed by atoms with Crippen LogP contribution in [0.2, 0.25) is 0 Å². The van der Waals surface area contributed by atoms with Gasteiger partial charge in [0.15, 0.2) is 11.5 Å². The van der Waals surface area contributed by atoms with E-state index in [0.717, 1.165) is 5.56 Å². The van der Waals surface area contributed by atoms with Gasteiger partial charge in [-0.3, -0.25) is 4.98 Å². The predicted molar refractivity (Wildman–Crippen MR) is 89.4 cm³/mol. The zero-order valence-electron chi connectivity index (χ0n) is 13.9. The first-order valence-electron chi connectivity index (χ1n) is 7.59. The number of ether oxygens (including phenoxy) is 2. The van der Waals surface area contributed by atoms with Crippen molar-refractivity contribution in [1.82, 2.24) is 25.3 Å². The Morgan fingerprint density at radius 1 is 0.731 bits per heavy atom. The maximum Gasteiger partial charge on any atom is 0.316 e. The maximum atomic E-state index is 5.29. The standard InChI is InChI=1S/C17H13N5O4/c1-23-12-4-3-11(9-13(12)24-2)15-20-17(26-22-15)16-19-14(21-25-16)10-5-7-18-8-6-10/h3-9H,1-2H3. The molecule has 0 aliphatic heterocycles. The van der Waals surface area contributed by atoms with Gasteiger partial charge in [0.05, 0.1) is 14.2 Å². The molecule has 4 aromatic rings. The van der Waals surface area contributed by atoms with Gasteiger partial charge in [-0.05, 0) is 30.3 Å². The van der Waals surface area contributed by atoms with Crippen LogP contribution in [0.3, 0.4) is 0 Å². The third-order valence-corrected chi connectivity index (χ3v) is 3.62. The summed E-state index contributed by atoms with van der Waals surface area (Å²) >= 11 is 0. The van der Waals surface area contributed by atoms with Gasteiger partial charge in [0.2, 0.25) is 11.6 Å². The summed E-state index contributed by atoms with van der Waals surface area (Å²) in [4.78, 5) is 12.5. The van der Waals surface area contributed by atoms with Crippen LogP contribution in [0.15, 0.2) is 51.8 Å². The molecule has 4 rings (SSSR count). The number of pyridine rings is 1. The number of rotatable bonds is 5. The summed E-state index contributed by atoms with van der Waals surface area (Å²) in [6, 6.07) is 8.86. The quantitative estimate of drug-likeness (QED) is 0.536. The van der Waals surface area contributed by atoms with E-state index in [0.29, 0.717) is 28.7 Å². The van der Waals surface area contributed by atoms with Crippen molar-refractivity contribution in [2.45, 2.75) is 0 Å². The normalized spacial score (nSPS) is 10.7. The van der Waals surface area contributed by atoms with Crippen LogP contribution in [0, 0.1) is 0 Å². The summed E-state index contributed by atoms with van der Waals surface area (Å²) in [5.41, 5.74) is 1.47. The second-order valence-corrected chi connectivity index (χ2v) is 5.15. The maximum absolute atomic E-state index is 5.29. The Balaban J connectivity index is 1.64. The molecule has 0 aliphatic rings. The topological polar surface area (TPSA) is 109 Å². The molecule has 0 spiro atoms. The van der Waals surface area contributed by atoms with Gasteiger partial charge >= 0.3 is 11.8 Å². The van der Waals surface area contributed by atoms with E-state index in [1.54, 1.807) is 56.9 Å². The highest BCUT2D eigenvalue weighted by atomic mass is 16.5. The van der Waals surface area contributed by atoms with Gasteiger partial charge in [-0.15, -0.1) is 0 Å². The monoisotopic (exact) mass is 351 g/mol. The van der Waals surface area contributed by atoms with Crippen molar-refractivity contribution in [2.24, 2.45) is 0 Å². The predicted octanol–water partition coefficient (Wildman–Crippen LogP) is 2.87. The number of hydrogen-bond acceptors (Lipinski definition) is 9. The van der Waals surface area contributed by atoms with Crippen molar-refractivity contribution in [1.29, 1.82) is 0 Å². The molecule has 0 radical (unpaired) electrons. The van der Waals surface area contributed by atoms with Crippen LogP contribution >= 0.6 is 0 Å². The molecule has 0 N–H and O–H groups in total. The Morgan fingerprint density at radius 3 is 1.96 bits per heavy atom. The van der Waals surface area contributed by atoms with Crippen LogP contribution < -0.4 is 9.47 Å². The Morgan fingerprint density at radius 2 is 1.35 bits per heavy atom. The molecular formula is C17H13N5O4. The second kappa shape index (κ2) is 6.63. The van der Waals surface area contributed by atoms with Gasteiger partial charge in [-0.2, -0.15) is 9.97 Å². The molecule has 9 nitrogen and oxygen atoms in total. The fourth-order valence-electron chi connectivity index (χ4n) is 2.33. The lowest BCUT2D eigenvalue weighted by molar-refractivity contribution is 0.355. The first-order chi connectivity index (χ1) is 12.8. The number of methoxy groups -OCH3 is 2. The lowest BCUT2D eigenvalue weighted by Gasteiger charge is -2.07. The van der Waals surface area contributed by atoms with Crippen LogP contribution in [-0.2, 0) is 0 Å². The van der Waals surface area contributed by atoms with Gasteiger partial charge in [-0.1, -0.05) is 10.3 Å². The zero-order valence-corrected chi connectivity index (χ0v) is 13.9. The van der Waals surface area contributed by atoms with Crippen LogP contribution in [0.25, 0.3) is 34.6 Å². The molecule has 0 aliphatic carbocycles. The van der Waals surface area contributed by atoms with E-state index in [1.807, 2.05) is 0 Å². The van der Waals surface area contributed by atoms with Gasteiger partial charge in [-0.25, -0.2) is 0 Å². The summed E-state index contributed by atoms with van der Waals surface area (Å²) in [6.45, 7) is 0. The lowest BCUT2D eigenvalue weighted by Crippen LogP contribution is -1.91. The smallest absolute Gasteiger partial charge is 0.316 e. The summed E-state index contributed by atoms with van der Waals surface area (Å²) in [7, 11) is 3.13. The van der Waals surface area contributed by atoms with Gasteiger partial charge in [0, 0.05) is 23.5 Å². The third kappa shape index (κ3) is 2.86. The second-order valence-electron chi connectivity index (χ2n) is 5.15.